The average Bonchev–Trinajstić information content (AvgIpc) is 3.23. The number of hydrogen-bond donors (Lipinski definition) is 1. The van der Waals surface area contributed by atoms with E-state index in [2.05, 4.69) is 10.3 Å². The summed E-state index contributed by atoms with van der Waals surface area (Å²) in [6.45, 7) is 5.04. The quantitative estimate of drug-likeness (QED) is 0.803. The van der Waals surface area contributed by atoms with E-state index in [4.69, 9.17) is 9.15 Å². The minimum Gasteiger partial charge on any atom is -0.441 e. The Balaban J connectivity index is 1.54. The molecule has 0 unspecified atom stereocenters. The third kappa shape index (κ3) is 5.02. The molecule has 0 radical (unpaired) electrons. The van der Waals surface area contributed by atoms with Crippen LogP contribution >= 0.6 is 0 Å². The van der Waals surface area contributed by atoms with Gasteiger partial charge < -0.3 is 14.5 Å². The molecule has 1 aromatic heterocycles. The van der Waals surface area contributed by atoms with Gasteiger partial charge in [0.2, 0.25) is 11.8 Å². The van der Waals surface area contributed by atoms with E-state index in [1.165, 1.54) is 0 Å². The van der Waals surface area contributed by atoms with Gasteiger partial charge in [0, 0.05) is 29.5 Å². The second-order valence-electron chi connectivity index (χ2n) is 6.56. The zero-order chi connectivity index (χ0) is 18.5. The molecule has 0 bridgehead atoms. The molecular weight excluding hydrogens is 352 g/mol. The van der Waals surface area contributed by atoms with Crippen LogP contribution in [0.4, 0.5) is 0 Å². The predicted molar refractivity (Wildman–Crippen MR) is 100 cm³/mol. The van der Waals surface area contributed by atoms with E-state index in [1.54, 1.807) is 6.92 Å². The molecule has 1 amide bonds. The van der Waals surface area contributed by atoms with E-state index in [0.29, 0.717) is 23.9 Å². The molecular formula is C19H24N2O4S. The van der Waals surface area contributed by atoms with Crippen LogP contribution in [-0.4, -0.2) is 40.1 Å². The van der Waals surface area contributed by atoms with E-state index in [0.717, 1.165) is 30.6 Å². The van der Waals surface area contributed by atoms with Gasteiger partial charge in [-0.15, -0.1) is 0 Å². The van der Waals surface area contributed by atoms with Gasteiger partial charge in [0.15, 0.2) is 0 Å². The second kappa shape index (κ2) is 8.60. The lowest BCUT2D eigenvalue weighted by atomic mass is 10.1. The molecule has 1 N–H and O–H groups in total. The van der Waals surface area contributed by atoms with Crippen LogP contribution in [0.3, 0.4) is 0 Å². The highest BCUT2D eigenvalue weighted by Gasteiger charge is 2.18. The van der Waals surface area contributed by atoms with Gasteiger partial charge in [0.25, 0.3) is 0 Å². The van der Waals surface area contributed by atoms with E-state index < -0.39 is 10.8 Å². The van der Waals surface area contributed by atoms with E-state index in [1.807, 2.05) is 31.2 Å². The fourth-order valence-electron chi connectivity index (χ4n) is 2.90. The molecule has 26 heavy (non-hydrogen) atoms. The zero-order valence-corrected chi connectivity index (χ0v) is 15.9. The number of benzene rings is 1. The molecule has 6 nitrogen and oxygen atoms in total. The van der Waals surface area contributed by atoms with Crippen molar-refractivity contribution in [1.29, 1.82) is 0 Å². The van der Waals surface area contributed by atoms with Crippen LogP contribution < -0.4 is 5.32 Å². The summed E-state index contributed by atoms with van der Waals surface area (Å²) in [4.78, 5) is 16.4. The minimum atomic E-state index is -1.34. The lowest BCUT2D eigenvalue weighted by Crippen LogP contribution is -2.34. The summed E-state index contributed by atoms with van der Waals surface area (Å²) in [5.41, 5.74) is 2.64. The Hall–Kier alpha value is -1.99. The molecule has 1 aliphatic rings. The largest absolute Gasteiger partial charge is 0.441 e. The van der Waals surface area contributed by atoms with Crippen LogP contribution in [0.1, 0.15) is 29.9 Å². The first-order chi connectivity index (χ1) is 12.5. The first-order valence-electron chi connectivity index (χ1n) is 8.78. The van der Waals surface area contributed by atoms with Crippen LogP contribution in [0, 0.1) is 13.8 Å². The van der Waals surface area contributed by atoms with Gasteiger partial charge in [0.1, 0.15) is 11.5 Å². The van der Waals surface area contributed by atoms with Crippen molar-refractivity contribution in [2.75, 3.05) is 18.9 Å². The fourth-order valence-corrected chi connectivity index (χ4v) is 3.97. The third-order valence-corrected chi connectivity index (χ3v) is 5.48. The maximum absolute atomic E-state index is 12.3. The molecule has 1 aromatic carbocycles. The highest BCUT2D eigenvalue weighted by molar-refractivity contribution is 7.84. The first kappa shape index (κ1) is 18.8. The summed E-state index contributed by atoms with van der Waals surface area (Å²) >= 11 is 0. The first-order valence-corrected chi connectivity index (χ1v) is 10.3. The van der Waals surface area contributed by atoms with Crippen molar-refractivity contribution in [1.82, 2.24) is 10.3 Å². The molecule has 2 atom stereocenters. The smallest absolute Gasteiger partial charge is 0.232 e. The number of nitrogens with one attached hydrogen (secondary N) is 1. The topological polar surface area (TPSA) is 81.4 Å². The molecule has 2 aromatic rings. The van der Waals surface area contributed by atoms with Gasteiger partial charge in [-0.1, -0.05) is 17.7 Å². The lowest BCUT2D eigenvalue weighted by molar-refractivity contribution is -0.119. The number of nitrogens with zero attached hydrogens (tertiary/aromatic N) is 1. The number of carbonyl (C=O) groups is 1. The number of ether oxygens (including phenoxy) is 1. The number of rotatable bonds is 7. The molecule has 140 valence electrons. The van der Waals surface area contributed by atoms with E-state index in [9.17, 15) is 9.00 Å². The van der Waals surface area contributed by atoms with Gasteiger partial charge in [-0.3, -0.25) is 9.00 Å². The summed E-state index contributed by atoms with van der Waals surface area (Å²) < 4.78 is 23.5. The molecule has 0 aliphatic carbocycles. The van der Waals surface area contributed by atoms with Gasteiger partial charge in [-0.25, -0.2) is 4.98 Å². The Labute approximate surface area is 155 Å². The van der Waals surface area contributed by atoms with Crippen molar-refractivity contribution in [3.8, 4) is 11.5 Å². The van der Waals surface area contributed by atoms with Gasteiger partial charge in [0.05, 0.1) is 17.6 Å². The average molecular weight is 376 g/mol. The van der Waals surface area contributed by atoms with Gasteiger partial charge in [-0.05, 0) is 38.8 Å². The SMILES string of the molecule is Cc1cccc(-c2nc(C[S@@](=O)CC(=O)NC[C@H]3CCCO3)c(C)o2)c1. The van der Waals surface area contributed by atoms with Crippen molar-refractivity contribution >= 4 is 16.7 Å². The van der Waals surface area contributed by atoms with Crippen LogP contribution in [0.25, 0.3) is 11.5 Å². The van der Waals surface area contributed by atoms with Crippen molar-refractivity contribution in [3.05, 3.63) is 41.3 Å². The van der Waals surface area contributed by atoms with E-state index in [-0.39, 0.29) is 23.5 Å². The zero-order valence-electron chi connectivity index (χ0n) is 15.1. The predicted octanol–water partition coefficient (Wildman–Crippen LogP) is 2.50. The van der Waals surface area contributed by atoms with Crippen LogP contribution in [0.2, 0.25) is 0 Å². The molecule has 1 saturated heterocycles. The van der Waals surface area contributed by atoms with Crippen molar-refractivity contribution in [3.63, 3.8) is 0 Å². The maximum atomic E-state index is 12.3. The van der Waals surface area contributed by atoms with Gasteiger partial charge >= 0.3 is 0 Å². The van der Waals surface area contributed by atoms with Crippen LogP contribution in [0.5, 0.6) is 0 Å². The van der Waals surface area contributed by atoms with Crippen molar-refractivity contribution in [2.45, 2.75) is 38.5 Å². The molecule has 2 heterocycles. The molecule has 3 rings (SSSR count). The molecule has 0 spiro atoms. The highest BCUT2D eigenvalue weighted by atomic mass is 32.2. The summed E-state index contributed by atoms with van der Waals surface area (Å²) in [6.07, 6.45) is 2.08. The van der Waals surface area contributed by atoms with Crippen molar-refractivity contribution in [2.24, 2.45) is 0 Å². The summed E-state index contributed by atoms with van der Waals surface area (Å²) in [6, 6.07) is 7.87. The molecule has 1 fully saturated rings. The lowest BCUT2D eigenvalue weighted by Gasteiger charge is -2.10. The normalized spacial score (nSPS) is 18.0. The Morgan fingerprint density at radius 2 is 2.23 bits per heavy atom. The number of amides is 1. The fraction of sp³-hybridized carbons (Fsp3) is 0.474. The second-order valence-corrected chi connectivity index (χ2v) is 8.02. The maximum Gasteiger partial charge on any atom is 0.232 e. The van der Waals surface area contributed by atoms with Crippen molar-refractivity contribution < 1.29 is 18.2 Å². The number of carbonyl (C=O) groups excluding carboxylic acids is 1. The summed E-state index contributed by atoms with van der Waals surface area (Å²) in [5.74, 6) is 1.09. The number of hydrogen-bond acceptors (Lipinski definition) is 5. The third-order valence-electron chi connectivity index (χ3n) is 4.30. The number of aromatic nitrogens is 1. The number of aryl methyl sites for hydroxylation is 2. The number of oxazole rings is 1. The molecule has 0 saturated carbocycles. The van der Waals surface area contributed by atoms with Gasteiger partial charge in [-0.2, -0.15) is 0 Å². The van der Waals surface area contributed by atoms with E-state index >= 15 is 0 Å². The molecule has 7 heteroatoms. The minimum absolute atomic E-state index is 0.0429. The van der Waals surface area contributed by atoms with Crippen LogP contribution in [-0.2, 0) is 26.1 Å². The summed E-state index contributed by atoms with van der Waals surface area (Å²) in [5, 5.41) is 2.79. The van der Waals surface area contributed by atoms with Crippen LogP contribution in [0.15, 0.2) is 28.7 Å². The Kier molecular flexibility index (Phi) is 6.21. The highest BCUT2D eigenvalue weighted by Crippen LogP contribution is 2.23. The Morgan fingerprint density at radius 3 is 2.96 bits per heavy atom. The standard InChI is InChI=1S/C19H24N2O4S/c1-13-5-3-6-15(9-13)19-21-17(14(2)25-19)11-26(23)12-18(22)20-10-16-7-4-8-24-16/h3,5-6,9,16H,4,7-8,10-12H2,1-2H3,(H,20,22)/t16-,26-/m1/s1. The Morgan fingerprint density at radius 1 is 1.38 bits per heavy atom. The summed E-state index contributed by atoms with van der Waals surface area (Å²) in [7, 11) is -1.34. The molecule has 1 aliphatic heterocycles. The monoisotopic (exact) mass is 376 g/mol. The Bertz CT molecular complexity index is 797.